The predicted molar refractivity (Wildman–Crippen MR) is 70.5 cm³/mol. The van der Waals surface area contributed by atoms with Crippen molar-refractivity contribution < 1.29 is 9.47 Å². The van der Waals surface area contributed by atoms with Gasteiger partial charge in [-0.2, -0.15) is 0 Å². The van der Waals surface area contributed by atoms with E-state index in [-0.39, 0.29) is 0 Å². The normalized spacial score (nSPS) is 35.6. The molecule has 2 aliphatic carbocycles. The third-order valence-electron chi connectivity index (χ3n) is 4.75. The molecule has 2 aliphatic rings. The van der Waals surface area contributed by atoms with Crippen LogP contribution in [0, 0.1) is 17.3 Å². The highest BCUT2D eigenvalue weighted by atomic mass is 35.5. The van der Waals surface area contributed by atoms with E-state index in [1.807, 2.05) is 0 Å². The number of hydrogen-bond acceptors (Lipinski definition) is 2. The van der Waals surface area contributed by atoms with Crippen molar-refractivity contribution in [3.63, 3.8) is 0 Å². The van der Waals surface area contributed by atoms with E-state index >= 15 is 0 Å². The van der Waals surface area contributed by atoms with E-state index in [0.717, 1.165) is 50.4 Å². The minimum atomic E-state index is 0.408. The number of rotatable bonds is 8. The highest BCUT2D eigenvalue weighted by molar-refractivity contribution is 6.18. The number of halogens is 1. The molecule has 2 nitrogen and oxygen atoms in total. The Balaban J connectivity index is 1.66. The Bertz CT molecular complexity index is 234. The Kier molecular flexibility index (Phi) is 5.13. The lowest BCUT2D eigenvalue weighted by molar-refractivity contribution is 0.0634. The van der Waals surface area contributed by atoms with Crippen LogP contribution in [0.5, 0.6) is 0 Å². The standard InChI is InChI=1S/C14H25ClO2/c1-16-6-2-7-17-8-5-14(11-15)10-12-3-4-13(14)9-12/h12-13H,2-11H2,1H3. The molecule has 3 atom stereocenters. The molecule has 0 radical (unpaired) electrons. The van der Waals surface area contributed by atoms with E-state index in [4.69, 9.17) is 21.1 Å². The maximum atomic E-state index is 6.25. The predicted octanol–water partition coefficient (Wildman–Crippen LogP) is 3.47. The van der Waals surface area contributed by atoms with Crippen molar-refractivity contribution in [3.8, 4) is 0 Å². The molecule has 0 N–H and O–H groups in total. The molecule has 0 aromatic carbocycles. The zero-order chi connectivity index (χ0) is 12.1. The molecule has 2 rings (SSSR count). The third-order valence-corrected chi connectivity index (χ3v) is 5.28. The van der Waals surface area contributed by atoms with E-state index in [0.29, 0.717) is 5.41 Å². The van der Waals surface area contributed by atoms with E-state index in [1.54, 1.807) is 7.11 Å². The summed E-state index contributed by atoms with van der Waals surface area (Å²) in [6.07, 6.45) is 7.78. The molecule has 0 saturated heterocycles. The fourth-order valence-electron chi connectivity index (χ4n) is 3.78. The van der Waals surface area contributed by atoms with Crippen LogP contribution in [0.3, 0.4) is 0 Å². The minimum Gasteiger partial charge on any atom is -0.385 e. The van der Waals surface area contributed by atoms with E-state index in [9.17, 15) is 0 Å². The molecule has 100 valence electrons. The van der Waals surface area contributed by atoms with Crippen LogP contribution in [0.2, 0.25) is 0 Å². The first kappa shape index (κ1) is 13.6. The average molecular weight is 261 g/mol. The molecule has 0 amide bonds. The first-order valence-corrected chi connectivity index (χ1v) is 7.47. The first-order valence-electron chi connectivity index (χ1n) is 6.93. The molecule has 2 fully saturated rings. The summed E-state index contributed by atoms with van der Waals surface area (Å²) in [5.41, 5.74) is 0.408. The average Bonchev–Trinajstić information content (AvgIpc) is 2.94. The van der Waals surface area contributed by atoms with Gasteiger partial charge in [0.25, 0.3) is 0 Å². The zero-order valence-corrected chi connectivity index (χ0v) is 11.7. The molecule has 2 bridgehead atoms. The van der Waals surface area contributed by atoms with Gasteiger partial charge in [-0.1, -0.05) is 6.42 Å². The zero-order valence-electron chi connectivity index (χ0n) is 10.9. The second-order valence-electron chi connectivity index (χ2n) is 5.78. The molecule has 0 aromatic rings. The fourth-order valence-corrected chi connectivity index (χ4v) is 4.24. The minimum absolute atomic E-state index is 0.408. The molecular formula is C14H25ClO2. The Morgan fingerprint density at radius 2 is 2.12 bits per heavy atom. The maximum Gasteiger partial charge on any atom is 0.0487 e. The van der Waals surface area contributed by atoms with E-state index in [1.165, 1.54) is 25.7 Å². The van der Waals surface area contributed by atoms with Crippen molar-refractivity contribution in [1.82, 2.24) is 0 Å². The van der Waals surface area contributed by atoms with Gasteiger partial charge in [0.05, 0.1) is 0 Å². The Labute approximate surface area is 110 Å². The van der Waals surface area contributed by atoms with Gasteiger partial charge in [0.2, 0.25) is 0 Å². The number of methoxy groups -OCH3 is 1. The third kappa shape index (κ3) is 3.15. The van der Waals surface area contributed by atoms with Crippen LogP contribution in [-0.2, 0) is 9.47 Å². The largest absolute Gasteiger partial charge is 0.385 e. The highest BCUT2D eigenvalue weighted by Crippen LogP contribution is 2.58. The fraction of sp³-hybridized carbons (Fsp3) is 1.00. The number of alkyl halides is 1. The number of ether oxygens (including phenoxy) is 2. The van der Waals surface area contributed by atoms with Crippen LogP contribution >= 0.6 is 11.6 Å². The first-order chi connectivity index (χ1) is 8.30. The topological polar surface area (TPSA) is 18.5 Å². The van der Waals surface area contributed by atoms with Gasteiger partial charge in [-0.15, -0.1) is 11.6 Å². The Morgan fingerprint density at radius 3 is 2.71 bits per heavy atom. The van der Waals surface area contributed by atoms with Crippen LogP contribution in [0.4, 0.5) is 0 Å². The van der Waals surface area contributed by atoms with E-state index < -0.39 is 0 Å². The van der Waals surface area contributed by atoms with Gasteiger partial charge < -0.3 is 9.47 Å². The van der Waals surface area contributed by atoms with E-state index in [2.05, 4.69) is 0 Å². The molecule has 3 unspecified atom stereocenters. The van der Waals surface area contributed by atoms with Crippen LogP contribution in [0.25, 0.3) is 0 Å². The molecule has 2 saturated carbocycles. The summed E-state index contributed by atoms with van der Waals surface area (Å²) in [5, 5.41) is 0. The summed E-state index contributed by atoms with van der Waals surface area (Å²) in [5.74, 6) is 2.68. The van der Waals surface area contributed by atoms with Gasteiger partial charge >= 0.3 is 0 Å². The monoisotopic (exact) mass is 260 g/mol. The molecular weight excluding hydrogens is 236 g/mol. The molecule has 0 aliphatic heterocycles. The molecule has 0 spiro atoms. The van der Waals surface area contributed by atoms with Gasteiger partial charge in [0.15, 0.2) is 0 Å². The maximum absolute atomic E-state index is 6.25. The summed E-state index contributed by atoms with van der Waals surface area (Å²) < 4.78 is 10.7. The quantitative estimate of drug-likeness (QED) is 0.491. The number of hydrogen-bond donors (Lipinski definition) is 0. The molecule has 17 heavy (non-hydrogen) atoms. The van der Waals surface area contributed by atoms with Crippen molar-refractivity contribution in [2.45, 2.75) is 38.5 Å². The Morgan fingerprint density at radius 1 is 1.24 bits per heavy atom. The smallest absolute Gasteiger partial charge is 0.0487 e. The SMILES string of the molecule is COCCCOCCC1(CCl)CC2CCC1C2. The van der Waals surface area contributed by atoms with Crippen molar-refractivity contribution in [2.24, 2.45) is 17.3 Å². The molecule has 3 heteroatoms. The van der Waals surface area contributed by atoms with Crippen molar-refractivity contribution >= 4 is 11.6 Å². The van der Waals surface area contributed by atoms with Crippen molar-refractivity contribution in [2.75, 3.05) is 32.8 Å². The number of fused-ring (bicyclic) bond motifs is 2. The summed E-state index contributed by atoms with van der Waals surface area (Å²) in [4.78, 5) is 0. The summed E-state index contributed by atoms with van der Waals surface area (Å²) in [6, 6.07) is 0. The lowest BCUT2D eigenvalue weighted by atomic mass is 9.72. The van der Waals surface area contributed by atoms with Gasteiger partial charge in [0, 0.05) is 32.8 Å². The van der Waals surface area contributed by atoms with Gasteiger partial charge in [0.1, 0.15) is 0 Å². The molecule has 0 heterocycles. The van der Waals surface area contributed by atoms with Crippen LogP contribution < -0.4 is 0 Å². The molecule has 0 aromatic heterocycles. The van der Waals surface area contributed by atoms with Gasteiger partial charge in [-0.3, -0.25) is 0 Å². The van der Waals surface area contributed by atoms with Crippen molar-refractivity contribution in [1.29, 1.82) is 0 Å². The lowest BCUT2D eigenvalue weighted by Crippen LogP contribution is -2.31. The highest BCUT2D eigenvalue weighted by Gasteiger charge is 2.49. The van der Waals surface area contributed by atoms with Crippen LogP contribution in [0.15, 0.2) is 0 Å². The second kappa shape index (κ2) is 6.40. The lowest BCUT2D eigenvalue weighted by Gasteiger charge is -2.36. The van der Waals surface area contributed by atoms with Gasteiger partial charge in [-0.05, 0) is 49.4 Å². The van der Waals surface area contributed by atoms with Gasteiger partial charge in [-0.25, -0.2) is 0 Å². The Hall–Kier alpha value is 0.210. The van der Waals surface area contributed by atoms with Crippen molar-refractivity contribution in [3.05, 3.63) is 0 Å². The second-order valence-corrected chi connectivity index (χ2v) is 6.05. The summed E-state index contributed by atoms with van der Waals surface area (Å²) in [7, 11) is 1.73. The van der Waals surface area contributed by atoms with Crippen LogP contribution in [0.1, 0.15) is 38.5 Å². The summed E-state index contributed by atoms with van der Waals surface area (Å²) in [6.45, 7) is 2.49. The van der Waals surface area contributed by atoms with Crippen LogP contribution in [-0.4, -0.2) is 32.8 Å². The summed E-state index contributed by atoms with van der Waals surface area (Å²) >= 11 is 6.25.